The lowest BCUT2D eigenvalue weighted by Crippen LogP contribution is -2.14. The summed E-state index contributed by atoms with van der Waals surface area (Å²) < 4.78 is 29.4. The Bertz CT molecular complexity index is 563. The number of hydrogen-bond acceptors (Lipinski definition) is 4. The first-order valence-corrected chi connectivity index (χ1v) is 8.07. The van der Waals surface area contributed by atoms with Crippen LogP contribution in [0.15, 0.2) is 29.2 Å². The summed E-state index contributed by atoms with van der Waals surface area (Å²) in [4.78, 5) is 11.8. The van der Waals surface area contributed by atoms with E-state index in [0.717, 1.165) is 12.8 Å². The summed E-state index contributed by atoms with van der Waals surface area (Å²) in [6.45, 7) is 0. The van der Waals surface area contributed by atoms with Crippen molar-refractivity contribution in [2.24, 2.45) is 5.92 Å². The molecular formula is C14H18O4S. The highest BCUT2D eigenvalue weighted by molar-refractivity contribution is 7.91. The van der Waals surface area contributed by atoms with Crippen LogP contribution in [-0.4, -0.2) is 27.1 Å². The van der Waals surface area contributed by atoms with E-state index in [1.165, 1.54) is 13.2 Å². The van der Waals surface area contributed by atoms with Crippen LogP contribution in [0.25, 0.3) is 0 Å². The second-order valence-electron chi connectivity index (χ2n) is 4.84. The minimum absolute atomic E-state index is 0.0244. The first kappa shape index (κ1) is 14.1. The third-order valence-corrected chi connectivity index (χ3v) is 5.31. The van der Waals surface area contributed by atoms with Crippen molar-refractivity contribution in [2.45, 2.75) is 30.6 Å². The van der Waals surface area contributed by atoms with Crippen LogP contribution in [0.3, 0.4) is 0 Å². The molecule has 5 heteroatoms. The lowest BCUT2D eigenvalue weighted by molar-refractivity contribution is -0.120. The Morgan fingerprint density at radius 3 is 2.79 bits per heavy atom. The van der Waals surface area contributed by atoms with E-state index in [9.17, 15) is 13.2 Å². The SMILES string of the molecule is COc1cccc(S(=O)(=O)CCC2CCCC2=O)c1. The molecule has 0 spiro atoms. The highest BCUT2D eigenvalue weighted by Gasteiger charge is 2.26. The second-order valence-corrected chi connectivity index (χ2v) is 6.95. The zero-order chi connectivity index (χ0) is 13.9. The summed E-state index contributed by atoms with van der Waals surface area (Å²) in [5.41, 5.74) is 0. The van der Waals surface area contributed by atoms with Crippen molar-refractivity contribution in [3.63, 3.8) is 0 Å². The zero-order valence-corrected chi connectivity index (χ0v) is 11.8. The highest BCUT2D eigenvalue weighted by atomic mass is 32.2. The summed E-state index contributed by atoms with van der Waals surface area (Å²) in [6.07, 6.45) is 2.75. The zero-order valence-electron chi connectivity index (χ0n) is 11.0. The highest BCUT2D eigenvalue weighted by Crippen LogP contribution is 2.26. The Kier molecular flexibility index (Phi) is 4.24. The van der Waals surface area contributed by atoms with Crippen LogP contribution < -0.4 is 4.74 Å². The van der Waals surface area contributed by atoms with Gasteiger partial charge < -0.3 is 4.74 Å². The second kappa shape index (κ2) is 5.74. The third kappa shape index (κ3) is 3.35. The largest absolute Gasteiger partial charge is 0.497 e. The van der Waals surface area contributed by atoms with Crippen LogP contribution in [0.5, 0.6) is 5.75 Å². The van der Waals surface area contributed by atoms with Gasteiger partial charge in [0, 0.05) is 12.3 Å². The van der Waals surface area contributed by atoms with Crippen molar-refractivity contribution >= 4 is 15.6 Å². The molecule has 19 heavy (non-hydrogen) atoms. The maximum Gasteiger partial charge on any atom is 0.178 e. The molecule has 0 N–H and O–H groups in total. The van der Waals surface area contributed by atoms with Gasteiger partial charge in [0.05, 0.1) is 17.8 Å². The summed E-state index contributed by atoms with van der Waals surface area (Å²) in [5.74, 6) is 0.690. The number of sulfone groups is 1. The van der Waals surface area contributed by atoms with Gasteiger partial charge in [-0.25, -0.2) is 8.42 Å². The molecular weight excluding hydrogens is 264 g/mol. The van der Waals surface area contributed by atoms with E-state index in [1.54, 1.807) is 18.2 Å². The maximum absolute atomic E-state index is 12.2. The van der Waals surface area contributed by atoms with Gasteiger partial charge in [-0.2, -0.15) is 0 Å². The number of ketones is 1. The molecule has 0 bridgehead atoms. The van der Waals surface area contributed by atoms with Crippen molar-refractivity contribution in [3.8, 4) is 5.75 Å². The van der Waals surface area contributed by atoms with E-state index < -0.39 is 9.84 Å². The van der Waals surface area contributed by atoms with E-state index >= 15 is 0 Å². The Morgan fingerprint density at radius 2 is 2.16 bits per heavy atom. The van der Waals surface area contributed by atoms with Gasteiger partial charge in [-0.3, -0.25) is 4.79 Å². The van der Waals surface area contributed by atoms with Gasteiger partial charge in [0.2, 0.25) is 0 Å². The summed E-state index contributed by atoms with van der Waals surface area (Å²) in [7, 11) is -1.83. The smallest absolute Gasteiger partial charge is 0.178 e. The molecule has 104 valence electrons. The minimum Gasteiger partial charge on any atom is -0.497 e. The Morgan fingerprint density at radius 1 is 1.37 bits per heavy atom. The summed E-state index contributed by atoms with van der Waals surface area (Å²) in [5, 5.41) is 0. The molecule has 1 saturated carbocycles. The molecule has 1 fully saturated rings. The summed E-state index contributed by atoms with van der Waals surface area (Å²) >= 11 is 0. The number of carbonyl (C=O) groups is 1. The fourth-order valence-electron chi connectivity index (χ4n) is 2.40. The maximum atomic E-state index is 12.2. The van der Waals surface area contributed by atoms with Crippen LogP contribution >= 0.6 is 0 Å². The van der Waals surface area contributed by atoms with Gasteiger partial charge in [0.15, 0.2) is 9.84 Å². The first-order valence-electron chi connectivity index (χ1n) is 6.42. The van der Waals surface area contributed by atoms with Crippen LogP contribution in [0.4, 0.5) is 0 Å². The van der Waals surface area contributed by atoms with Gasteiger partial charge in [-0.05, 0) is 37.5 Å². The number of ether oxygens (including phenoxy) is 1. The van der Waals surface area contributed by atoms with Gasteiger partial charge in [0.25, 0.3) is 0 Å². The molecule has 0 aromatic heterocycles. The van der Waals surface area contributed by atoms with E-state index in [4.69, 9.17) is 4.74 Å². The molecule has 4 nitrogen and oxygen atoms in total. The standard InChI is InChI=1S/C14H18O4S/c1-18-12-5-3-6-13(10-12)19(16,17)9-8-11-4-2-7-14(11)15/h3,5-6,10-11H,2,4,7-9H2,1H3. The molecule has 0 amide bonds. The number of methoxy groups -OCH3 is 1. The van der Waals surface area contributed by atoms with E-state index in [1.807, 2.05) is 0 Å². The molecule has 1 aliphatic carbocycles. The Balaban J connectivity index is 2.07. The molecule has 2 rings (SSSR count). The van der Waals surface area contributed by atoms with Crippen LogP contribution in [0.1, 0.15) is 25.7 Å². The molecule has 1 aliphatic rings. The lowest BCUT2D eigenvalue weighted by atomic mass is 10.1. The third-order valence-electron chi connectivity index (χ3n) is 3.57. The van der Waals surface area contributed by atoms with Crippen molar-refractivity contribution < 1.29 is 17.9 Å². The Hall–Kier alpha value is -1.36. The summed E-state index contributed by atoms with van der Waals surface area (Å²) in [6, 6.07) is 6.45. The van der Waals surface area contributed by atoms with Gasteiger partial charge in [-0.1, -0.05) is 6.07 Å². The number of carbonyl (C=O) groups excluding carboxylic acids is 1. The Labute approximate surface area is 113 Å². The van der Waals surface area contributed by atoms with Crippen molar-refractivity contribution in [1.82, 2.24) is 0 Å². The molecule has 1 atom stereocenters. The lowest BCUT2D eigenvalue weighted by Gasteiger charge is -2.09. The average molecular weight is 282 g/mol. The van der Waals surface area contributed by atoms with Crippen molar-refractivity contribution in [1.29, 1.82) is 0 Å². The molecule has 0 radical (unpaired) electrons. The quantitative estimate of drug-likeness (QED) is 0.831. The predicted octanol–water partition coefficient (Wildman–Crippen LogP) is 2.23. The van der Waals surface area contributed by atoms with Gasteiger partial charge in [-0.15, -0.1) is 0 Å². The molecule has 0 aliphatic heterocycles. The number of benzene rings is 1. The molecule has 1 aromatic rings. The monoisotopic (exact) mass is 282 g/mol. The fraction of sp³-hybridized carbons (Fsp3) is 0.500. The average Bonchev–Trinajstić information content (AvgIpc) is 2.82. The minimum atomic E-state index is -3.34. The normalized spacial score (nSPS) is 19.6. The van der Waals surface area contributed by atoms with Gasteiger partial charge >= 0.3 is 0 Å². The molecule has 0 heterocycles. The van der Waals surface area contributed by atoms with E-state index in [0.29, 0.717) is 18.6 Å². The van der Waals surface area contributed by atoms with Crippen molar-refractivity contribution in [2.75, 3.05) is 12.9 Å². The van der Waals surface area contributed by atoms with E-state index in [2.05, 4.69) is 0 Å². The van der Waals surface area contributed by atoms with E-state index in [-0.39, 0.29) is 22.3 Å². The van der Waals surface area contributed by atoms with Crippen molar-refractivity contribution in [3.05, 3.63) is 24.3 Å². The molecule has 1 unspecified atom stereocenters. The predicted molar refractivity (Wildman–Crippen MR) is 72.0 cm³/mol. The molecule has 0 saturated heterocycles. The fourth-order valence-corrected chi connectivity index (χ4v) is 3.82. The van der Waals surface area contributed by atoms with Crippen LogP contribution in [0, 0.1) is 5.92 Å². The topological polar surface area (TPSA) is 60.4 Å². The number of hydrogen-bond donors (Lipinski definition) is 0. The first-order chi connectivity index (χ1) is 9.03. The number of rotatable bonds is 5. The number of Topliss-reactive ketones (excluding diaryl/α,β-unsaturated/α-hetero) is 1. The van der Waals surface area contributed by atoms with Gasteiger partial charge in [0.1, 0.15) is 11.5 Å². The molecule has 1 aromatic carbocycles. The van der Waals surface area contributed by atoms with Crippen LogP contribution in [0.2, 0.25) is 0 Å². The van der Waals surface area contributed by atoms with Crippen LogP contribution in [-0.2, 0) is 14.6 Å².